The Morgan fingerprint density at radius 1 is 1.17 bits per heavy atom. The second kappa shape index (κ2) is 6.95. The standard InChI is InChI=1S/C16H18N2O5/c1-5-23-16(20)12-8-10(2)17-18(15(12)19)11-6-7-13(21-3)14(9-11)22-4/h6-9H,5H2,1-4H3. The van der Waals surface area contributed by atoms with Gasteiger partial charge < -0.3 is 14.2 Å². The molecule has 0 N–H and O–H groups in total. The molecule has 0 saturated carbocycles. The number of ether oxygens (including phenoxy) is 3. The molecule has 0 aliphatic heterocycles. The molecule has 23 heavy (non-hydrogen) atoms. The molecule has 0 saturated heterocycles. The third kappa shape index (κ3) is 3.33. The van der Waals surface area contributed by atoms with Crippen LogP contribution in [0.5, 0.6) is 11.5 Å². The number of hydrogen-bond donors (Lipinski definition) is 0. The topological polar surface area (TPSA) is 79.7 Å². The minimum absolute atomic E-state index is 0.0610. The summed E-state index contributed by atoms with van der Waals surface area (Å²) in [7, 11) is 3.02. The summed E-state index contributed by atoms with van der Waals surface area (Å²) in [5.41, 5.74) is 0.361. The van der Waals surface area contributed by atoms with Gasteiger partial charge >= 0.3 is 5.97 Å². The van der Waals surface area contributed by atoms with E-state index in [0.29, 0.717) is 22.9 Å². The van der Waals surface area contributed by atoms with Crippen LogP contribution in [0, 0.1) is 6.92 Å². The van der Waals surface area contributed by atoms with Crippen LogP contribution in [0.15, 0.2) is 29.1 Å². The predicted octanol–water partition coefficient (Wildman–Crippen LogP) is 1.73. The number of nitrogens with zero attached hydrogens (tertiary/aromatic N) is 2. The van der Waals surface area contributed by atoms with E-state index in [1.54, 1.807) is 32.0 Å². The molecule has 7 heteroatoms. The number of carbonyl (C=O) groups is 1. The van der Waals surface area contributed by atoms with Crippen LogP contribution in [0.4, 0.5) is 0 Å². The third-order valence-corrected chi connectivity index (χ3v) is 3.14. The monoisotopic (exact) mass is 318 g/mol. The maximum absolute atomic E-state index is 12.5. The van der Waals surface area contributed by atoms with E-state index in [1.807, 2.05) is 0 Å². The number of aromatic nitrogens is 2. The van der Waals surface area contributed by atoms with Crippen LogP contribution >= 0.6 is 0 Å². The van der Waals surface area contributed by atoms with E-state index in [9.17, 15) is 9.59 Å². The van der Waals surface area contributed by atoms with Gasteiger partial charge in [0, 0.05) is 6.07 Å². The summed E-state index contributed by atoms with van der Waals surface area (Å²) in [4.78, 5) is 24.4. The molecule has 2 aromatic rings. The van der Waals surface area contributed by atoms with Gasteiger partial charge in [0.1, 0.15) is 5.56 Å². The number of methoxy groups -OCH3 is 2. The van der Waals surface area contributed by atoms with Crippen molar-refractivity contribution in [3.05, 3.63) is 45.9 Å². The zero-order valence-electron chi connectivity index (χ0n) is 13.5. The molecule has 7 nitrogen and oxygen atoms in total. The molecule has 1 aromatic heterocycles. The Morgan fingerprint density at radius 3 is 2.48 bits per heavy atom. The Hall–Kier alpha value is -2.83. The fourth-order valence-electron chi connectivity index (χ4n) is 2.10. The van der Waals surface area contributed by atoms with E-state index in [-0.39, 0.29) is 12.2 Å². The van der Waals surface area contributed by atoms with Gasteiger partial charge in [-0.05, 0) is 32.0 Å². The normalized spacial score (nSPS) is 10.3. The molecule has 122 valence electrons. The zero-order chi connectivity index (χ0) is 17.0. The summed E-state index contributed by atoms with van der Waals surface area (Å²) in [6, 6.07) is 6.35. The lowest BCUT2D eigenvalue weighted by atomic mass is 10.2. The van der Waals surface area contributed by atoms with Crippen molar-refractivity contribution in [2.45, 2.75) is 13.8 Å². The average molecular weight is 318 g/mol. The van der Waals surface area contributed by atoms with E-state index >= 15 is 0 Å². The molecule has 0 atom stereocenters. The number of hydrogen-bond acceptors (Lipinski definition) is 6. The molecule has 1 heterocycles. The zero-order valence-corrected chi connectivity index (χ0v) is 13.5. The lowest BCUT2D eigenvalue weighted by Crippen LogP contribution is -2.29. The first-order valence-electron chi connectivity index (χ1n) is 7.02. The Labute approximate surface area is 133 Å². The SMILES string of the molecule is CCOC(=O)c1cc(C)nn(-c2ccc(OC)c(OC)c2)c1=O. The van der Waals surface area contributed by atoms with Crippen molar-refractivity contribution in [2.24, 2.45) is 0 Å². The number of carbonyl (C=O) groups excluding carboxylic acids is 1. The summed E-state index contributed by atoms with van der Waals surface area (Å²) in [6.45, 7) is 3.56. The third-order valence-electron chi connectivity index (χ3n) is 3.14. The van der Waals surface area contributed by atoms with Gasteiger partial charge in [-0.3, -0.25) is 4.79 Å². The van der Waals surface area contributed by atoms with Crippen LogP contribution in [0.2, 0.25) is 0 Å². The predicted molar refractivity (Wildman–Crippen MR) is 83.6 cm³/mol. The van der Waals surface area contributed by atoms with E-state index in [1.165, 1.54) is 20.3 Å². The molecule has 0 aliphatic carbocycles. The van der Waals surface area contributed by atoms with Crippen LogP contribution in [0.1, 0.15) is 23.0 Å². The highest BCUT2D eigenvalue weighted by molar-refractivity contribution is 5.89. The minimum Gasteiger partial charge on any atom is -0.493 e. The summed E-state index contributed by atoms with van der Waals surface area (Å²) in [6.07, 6.45) is 0. The first-order valence-corrected chi connectivity index (χ1v) is 7.02. The van der Waals surface area contributed by atoms with Crippen LogP contribution in [0.3, 0.4) is 0 Å². The van der Waals surface area contributed by atoms with Crippen molar-refractivity contribution in [3.8, 4) is 17.2 Å². The van der Waals surface area contributed by atoms with Gasteiger partial charge in [-0.15, -0.1) is 0 Å². The van der Waals surface area contributed by atoms with Crippen LogP contribution in [0.25, 0.3) is 5.69 Å². The molecule has 0 amide bonds. The molecule has 0 spiro atoms. The molecular weight excluding hydrogens is 300 g/mol. The molecule has 0 bridgehead atoms. The molecule has 1 aromatic carbocycles. The van der Waals surface area contributed by atoms with E-state index in [4.69, 9.17) is 14.2 Å². The maximum atomic E-state index is 12.5. The Kier molecular flexibility index (Phi) is 5.00. The maximum Gasteiger partial charge on any atom is 0.343 e. The Bertz CT molecular complexity index is 783. The lowest BCUT2D eigenvalue weighted by molar-refractivity contribution is 0.0523. The fourth-order valence-corrected chi connectivity index (χ4v) is 2.10. The summed E-state index contributed by atoms with van der Waals surface area (Å²) < 4.78 is 16.4. The Morgan fingerprint density at radius 2 is 1.87 bits per heavy atom. The molecule has 0 radical (unpaired) electrons. The smallest absolute Gasteiger partial charge is 0.343 e. The van der Waals surface area contributed by atoms with Gasteiger partial charge in [0.2, 0.25) is 0 Å². The van der Waals surface area contributed by atoms with E-state index < -0.39 is 11.5 Å². The van der Waals surface area contributed by atoms with Crippen molar-refractivity contribution in [1.82, 2.24) is 9.78 Å². The first kappa shape index (κ1) is 16.5. The summed E-state index contributed by atoms with van der Waals surface area (Å²) in [5.74, 6) is 0.317. The minimum atomic E-state index is -0.669. The molecular formula is C16H18N2O5. The van der Waals surface area contributed by atoms with Gasteiger partial charge in [0.25, 0.3) is 5.56 Å². The van der Waals surface area contributed by atoms with Crippen molar-refractivity contribution in [1.29, 1.82) is 0 Å². The average Bonchev–Trinajstić information content (AvgIpc) is 2.56. The molecule has 2 rings (SSSR count). The molecule has 0 fully saturated rings. The van der Waals surface area contributed by atoms with E-state index in [0.717, 1.165) is 4.68 Å². The number of aryl methyl sites for hydroxylation is 1. The quantitative estimate of drug-likeness (QED) is 0.781. The second-order valence-corrected chi connectivity index (χ2v) is 4.68. The molecule has 0 aliphatic rings. The van der Waals surface area contributed by atoms with Gasteiger partial charge in [-0.1, -0.05) is 0 Å². The van der Waals surface area contributed by atoms with Gasteiger partial charge in [-0.2, -0.15) is 9.78 Å². The Balaban J connectivity index is 2.60. The van der Waals surface area contributed by atoms with Crippen molar-refractivity contribution in [2.75, 3.05) is 20.8 Å². The number of rotatable bonds is 5. The highest BCUT2D eigenvalue weighted by Crippen LogP contribution is 2.28. The lowest BCUT2D eigenvalue weighted by Gasteiger charge is -2.12. The van der Waals surface area contributed by atoms with Crippen molar-refractivity contribution >= 4 is 5.97 Å². The molecule has 0 unspecified atom stereocenters. The van der Waals surface area contributed by atoms with Crippen molar-refractivity contribution in [3.63, 3.8) is 0 Å². The fraction of sp³-hybridized carbons (Fsp3) is 0.312. The van der Waals surface area contributed by atoms with Crippen LogP contribution < -0.4 is 15.0 Å². The largest absolute Gasteiger partial charge is 0.493 e. The highest BCUT2D eigenvalue weighted by Gasteiger charge is 2.17. The van der Waals surface area contributed by atoms with Crippen molar-refractivity contribution < 1.29 is 19.0 Å². The summed E-state index contributed by atoms with van der Waals surface area (Å²) in [5, 5.41) is 4.18. The summed E-state index contributed by atoms with van der Waals surface area (Å²) >= 11 is 0. The first-order chi connectivity index (χ1) is 11.0. The van der Waals surface area contributed by atoms with Gasteiger partial charge in [0.15, 0.2) is 11.5 Å². The highest BCUT2D eigenvalue weighted by atomic mass is 16.5. The van der Waals surface area contributed by atoms with Crippen LogP contribution in [-0.2, 0) is 4.74 Å². The van der Waals surface area contributed by atoms with Gasteiger partial charge in [-0.25, -0.2) is 4.79 Å². The van der Waals surface area contributed by atoms with E-state index in [2.05, 4.69) is 5.10 Å². The van der Waals surface area contributed by atoms with Gasteiger partial charge in [0.05, 0.1) is 32.2 Å². The van der Waals surface area contributed by atoms with Crippen LogP contribution in [-0.4, -0.2) is 36.6 Å². The number of benzene rings is 1. The number of esters is 1. The second-order valence-electron chi connectivity index (χ2n) is 4.68.